The number of pyridine rings is 1. The SMILES string of the molecule is COc1c2ccccc2nc(=O)c2cnccc12. The molecule has 18 heavy (non-hydrogen) atoms. The lowest BCUT2D eigenvalue weighted by Crippen LogP contribution is -2.01. The molecular formula is C14H10N2O2. The number of benzene rings is 1. The van der Waals surface area contributed by atoms with Gasteiger partial charge in [-0.2, -0.15) is 0 Å². The Kier molecular flexibility index (Phi) is 2.41. The molecule has 88 valence electrons. The minimum atomic E-state index is -0.294. The van der Waals surface area contributed by atoms with Crippen molar-refractivity contribution < 1.29 is 4.74 Å². The lowest BCUT2D eigenvalue weighted by atomic mass is 10.1. The molecule has 4 nitrogen and oxygen atoms in total. The van der Waals surface area contributed by atoms with Crippen LogP contribution in [0.1, 0.15) is 0 Å². The van der Waals surface area contributed by atoms with Crippen molar-refractivity contribution in [2.45, 2.75) is 0 Å². The van der Waals surface area contributed by atoms with Crippen LogP contribution in [0.25, 0.3) is 21.7 Å². The van der Waals surface area contributed by atoms with Gasteiger partial charge in [-0.25, -0.2) is 4.98 Å². The quantitative estimate of drug-likeness (QED) is 0.651. The maximum atomic E-state index is 12.1. The Morgan fingerprint density at radius 1 is 1.06 bits per heavy atom. The van der Waals surface area contributed by atoms with Crippen LogP contribution in [-0.2, 0) is 0 Å². The Hall–Kier alpha value is -2.49. The van der Waals surface area contributed by atoms with Gasteiger partial charge in [-0.3, -0.25) is 9.78 Å². The number of ether oxygens (including phenoxy) is 1. The largest absolute Gasteiger partial charge is 0.495 e. The third-order valence-corrected chi connectivity index (χ3v) is 2.87. The molecule has 0 fully saturated rings. The summed E-state index contributed by atoms with van der Waals surface area (Å²) in [5.74, 6) is 0.651. The number of para-hydroxylation sites is 1. The van der Waals surface area contributed by atoms with Crippen LogP contribution in [0.4, 0.5) is 0 Å². The number of nitrogens with zero attached hydrogens (tertiary/aromatic N) is 2. The minimum absolute atomic E-state index is 0.294. The summed E-state index contributed by atoms with van der Waals surface area (Å²) >= 11 is 0. The van der Waals surface area contributed by atoms with E-state index in [1.807, 2.05) is 18.2 Å². The van der Waals surface area contributed by atoms with Gasteiger partial charge in [0.25, 0.3) is 5.56 Å². The Morgan fingerprint density at radius 2 is 1.89 bits per heavy atom. The average molecular weight is 238 g/mol. The topological polar surface area (TPSA) is 52.1 Å². The molecule has 0 N–H and O–H groups in total. The van der Waals surface area contributed by atoms with E-state index in [2.05, 4.69) is 9.97 Å². The molecule has 0 bridgehead atoms. The molecular weight excluding hydrogens is 228 g/mol. The van der Waals surface area contributed by atoms with E-state index in [1.54, 1.807) is 25.4 Å². The van der Waals surface area contributed by atoms with E-state index in [4.69, 9.17) is 4.74 Å². The molecule has 0 saturated heterocycles. The predicted molar refractivity (Wildman–Crippen MR) is 69.9 cm³/mol. The standard InChI is InChI=1S/C14H10N2O2/c1-18-13-9-6-7-15-8-11(9)14(17)16-12-5-3-2-4-10(12)13/h2-8H,1H3. The van der Waals surface area contributed by atoms with Gasteiger partial charge in [-0.05, 0) is 18.2 Å². The van der Waals surface area contributed by atoms with E-state index in [-0.39, 0.29) is 5.56 Å². The number of rotatable bonds is 1. The second-order valence-electron chi connectivity index (χ2n) is 3.89. The molecule has 0 unspecified atom stereocenters. The summed E-state index contributed by atoms with van der Waals surface area (Å²) in [6, 6.07) is 9.19. The van der Waals surface area contributed by atoms with Crippen molar-refractivity contribution in [1.82, 2.24) is 9.97 Å². The van der Waals surface area contributed by atoms with Crippen LogP contribution in [0.5, 0.6) is 5.75 Å². The molecule has 0 radical (unpaired) electrons. The molecule has 3 aromatic rings. The zero-order valence-corrected chi connectivity index (χ0v) is 9.75. The molecule has 0 saturated carbocycles. The lowest BCUT2D eigenvalue weighted by molar-refractivity contribution is 0.425. The summed E-state index contributed by atoms with van der Waals surface area (Å²) in [7, 11) is 1.59. The number of hydrogen-bond donors (Lipinski definition) is 0. The van der Waals surface area contributed by atoms with E-state index in [0.717, 1.165) is 10.8 Å². The smallest absolute Gasteiger partial charge is 0.279 e. The molecule has 3 rings (SSSR count). The average Bonchev–Trinajstić information content (AvgIpc) is 2.53. The molecule has 0 aliphatic heterocycles. The zero-order chi connectivity index (χ0) is 12.5. The number of fused-ring (bicyclic) bond motifs is 2. The maximum absolute atomic E-state index is 12.1. The zero-order valence-electron chi connectivity index (χ0n) is 9.75. The third-order valence-electron chi connectivity index (χ3n) is 2.87. The summed E-state index contributed by atoms with van der Waals surface area (Å²) in [6.07, 6.45) is 3.16. The Bertz CT molecular complexity index is 800. The fourth-order valence-electron chi connectivity index (χ4n) is 2.06. The monoisotopic (exact) mass is 238 g/mol. The summed E-state index contributed by atoms with van der Waals surface area (Å²) in [4.78, 5) is 20.1. The van der Waals surface area contributed by atoms with Crippen LogP contribution < -0.4 is 10.3 Å². The summed E-state index contributed by atoms with van der Waals surface area (Å²) in [5.41, 5.74) is 0.327. The van der Waals surface area contributed by atoms with Crippen molar-refractivity contribution in [2.24, 2.45) is 0 Å². The molecule has 0 aliphatic carbocycles. The van der Waals surface area contributed by atoms with Crippen LogP contribution in [0, 0.1) is 0 Å². The highest BCUT2D eigenvalue weighted by Gasteiger charge is 2.08. The predicted octanol–water partition coefficient (Wildman–Crippen LogP) is 2.15. The molecule has 1 aromatic carbocycles. The minimum Gasteiger partial charge on any atom is -0.495 e. The fraction of sp³-hybridized carbons (Fsp3) is 0.0714. The Balaban J connectivity index is 2.70. The van der Waals surface area contributed by atoms with E-state index >= 15 is 0 Å². The van der Waals surface area contributed by atoms with Gasteiger partial charge in [0.05, 0.1) is 18.0 Å². The Labute approximate surface area is 103 Å². The molecule has 0 amide bonds. The second kappa shape index (κ2) is 4.07. The van der Waals surface area contributed by atoms with Crippen LogP contribution >= 0.6 is 0 Å². The fourth-order valence-corrected chi connectivity index (χ4v) is 2.06. The first-order valence-corrected chi connectivity index (χ1v) is 5.52. The lowest BCUT2D eigenvalue weighted by Gasteiger charge is -2.02. The molecule has 0 spiro atoms. The van der Waals surface area contributed by atoms with Crippen LogP contribution in [0.3, 0.4) is 0 Å². The first kappa shape index (κ1) is 10.7. The van der Waals surface area contributed by atoms with E-state index in [1.165, 1.54) is 6.20 Å². The van der Waals surface area contributed by atoms with Crippen molar-refractivity contribution in [3.63, 3.8) is 0 Å². The molecule has 4 heteroatoms. The van der Waals surface area contributed by atoms with Crippen LogP contribution in [0.2, 0.25) is 0 Å². The van der Waals surface area contributed by atoms with E-state index < -0.39 is 0 Å². The number of aromatic nitrogens is 2. The van der Waals surface area contributed by atoms with Crippen molar-refractivity contribution >= 4 is 21.7 Å². The summed E-state index contributed by atoms with van der Waals surface area (Å²) in [6.45, 7) is 0. The van der Waals surface area contributed by atoms with Gasteiger partial charge in [-0.15, -0.1) is 0 Å². The van der Waals surface area contributed by atoms with Gasteiger partial charge in [0.2, 0.25) is 0 Å². The molecule has 0 aliphatic rings. The second-order valence-corrected chi connectivity index (χ2v) is 3.89. The highest BCUT2D eigenvalue weighted by Crippen LogP contribution is 2.28. The van der Waals surface area contributed by atoms with Crippen molar-refractivity contribution in [2.75, 3.05) is 7.11 Å². The van der Waals surface area contributed by atoms with Crippen molar-refractivity contribution in [3.05, 3.63) is 53.1 Å². The number of methoxy groups -OCH3 is 1. The maximum Gasteiger partial charge on any atom is 0.279 e. The highest BCUT2D eigenvalue weighted by atomic mass is 16.5. The highest BCUT2D eigenvalue weighted by molar-refractivity contribution is 5.98. The Morgan fingerprint density at radius 3 is 2.72 bits per heavy atom. The van der Waals surface area contributed by atoms with Crippen molar-refractivity contribution in [1.29, 1.82) is 0 Å². The van der Waals surface area contributed by atoms with Gasteiger partial charge in [0.15, 0.2) is 0 Å². The molecule has 2 aromatic heterocycles. The number of hydrogen-bond acceptors (Lipinski definition) is 4. The third kappa shape index (κ3) is 1.50. The van der Waals surface area contributed by atoms with Gasteiger partial charge < -0.3 is 4.74 Å². The summed E-state index contributed by atoms with van der Waals surface area (Å²) in [5, 5.41) is 2.01. The van der Waals surface area contributed by atoms with Crippen molar-refractivity contribution in [3.8, 4) is 5.75 Å². The van der Waals surface area contributed by atoms with Gasteiger partial charge >= 0.3 is 0 Å². The van der Waals surface area contributed by atoms with E-state index in [9.17, 15) is 4.79 Å². The first-order valence-electron chi connectivity index (χ1n) is 5.52. The van der Waals surface area contributed by atoms with Gasteiger partial charge in [0.1, 0.15) is 5.75 Å². The van der Waals surface area contributed by atoms with Gasteiger partial charge in [0, 0.05) is 23.2 Å². The van der Waals surface area contributed by atoms with Crippen LogP contribution in [0.15, 0.2) is 47.5 Å². The molecule has 2 heterocycles. The normalized spacial score (nSPS) is 10.7. The van der Waals surface area contributed by atoms with E-state index in [0.29, 0.717) is 16.7 Å². The van der Waals surface area contributed by atoms with Gasteiger partial charge in [-0.1, -0.05) is 12.1 Å². The first-order chi connectivity index (χ1) is 8.81. The molecule has 0 atom stereocenters. The summed E-state index contributed by atoms with van der Waals surface area (Å²) < 4.78 is 5.45. The van der Waals surface area contributed by atoms with Crippen LogP contribution in [-0.4, -0.2) is 17.1 Å².